The maximum Gasteiger partial charge on any atom is 0.324 e. The summed E-state index contributed by atoms with van der Waals surface area (Å²) in [7, 11) is 0. The fraction of sp³-hybridized carbons (Fsp3) is 0.600. The highest BCUT2D eigenvalue weighted by Gasteiger charge is 2.16. The van der Waals surface area contributed by atoms with Crippen LogP contribution >= 0.6 is 0 Å². The van der Waals surface area contributed by atoms with E-state index in [4.69, 9.17) is 10.9 Å². The number of carboxylic acid groups (broad SMARTS) is 1. The number of carbonyl (C=O) groups is 2. The lowest BCUT2D eigenvalue weighted by Gasteiger charge is -2.08. The van der Waals surface area contributed by atoms with Gasteiger partial charge < -0.3 is 9.94 Å². The Morgan fingerprint density at radius 3 is 2.50 bits per heavy atom. The summed E-state index contributed by atoms with van der Waals surface area (Å²) in [4.78, 5) is 24.6. The third kappa shape index (κ3) is 3.86. The molecule has 0 spiro atoms. The second-order valence-corrected chi connectivity index (χ2v) is 2.09. The average molecular weight is 177 g/mol. The van der Waals surface area contributed by atoms with Gasteiger partial charge in [0.2, 0.25) is 0 Å². The zero-order chi connectivity index (χ0) is 9.56. The van der Waals surface area contributed by atoms with Crippen LogP contribution in [-0.4, -0.2) is 23.1 Å². The molecule has 0 radical (unpaired) electrons. The summed E-state index contributed by atoms with van der Waals surface area (Å²) in [5.74, 6) is 7.62. The molecule has 0 heterocycles. The third-order valence-electron chi connectivity index (χ3n) is 1.27. The van der Waals surface area contributed by atoms with E-state index in [0.717, 1.165) is 0 Å². The standard InChI is InChI=1S/C5H11N3O4/c6-8-3(5(10)11)1-2-4(9)12-7/h3,8H,1-2,6-7H2,(H,10,11)/t3-/m0/s1. The van der Waals surface area contributed by atoms with Crippen molar-refractivity contribution in [2.45, 2.75) is 18.9 Å². The zero-order valence-electron chi connectivity index (χ0n) is 6.32. The van der Waals surface area contributed by atoms with Crippen LogP contribution in [0.25, 0.3) is 0 Å². The molecule has 0 rings (SSSR count). The minimum Gasteiger partial charge on any atom is -0.480 e. The number of rotatable bonds is 5. The van der Waals surface area contributed by atoms with Crippen LogP contribution in [0.1, 0.15) is 12.8 Å². The van der Waals surface area contributed by atoms with E-state index in [1.165, 1.54) is 0 Å². The van der Waals surface area contributed by atoms with Crippen LogP contribution in [-0.2, 0) is 14.4 Å². The Bertz CT molecular complexity index is 172. The molecule has 0 saturated heterocycles. The number of carboxylic acids is 1. The summed E-state index contributed by atoms with van der Waals surface area (Å²) < 4.78 is 0. The van der Waals surface area contributed by atoms with E-state index in [1.54, 1.807) is 0 Å². The molecule has 7 heteroatoms. The molecule has 0 aromatic carbocycles. The Morgan fingerprint density at radius 2 is 2.17 bits per heavy atom. The molecular weight excluding hydrogens is 166 g/mol. The predicted molar refractivity (Wildman–Crippen MR) is 38.3 cm³/mol. The Labute approximate surface area is 68.6 Å². The van der Waals surface area contributed by atoms with E-state index >= 15 is 0 Å². The Hall–Kier alpha value is -1.18. The molecule has 0 unspecified atom stereocenters. The minimum absolute atomic E-state index is 0.0435. The van der Waals surface area contributed by atoms with Crippen LogP contribution in [0, 0.1) is 0 Å². The molecule has 0 aliphatic carbocycles. The highest BCUT2D eigenvalue weighted by Crippen LogP contribution is 1.97. The van der Waals surface area contributed by atoms with Gasteiger partial charge in [-0.2, -0.15) is 5.90 Å². The van der Waals surface area contributed by atoms with Gasteiger partial charge in [-0.15, -0.1) is 0 Å². The fourth-order valence-corrected chi connectivity index (χ4v) is 0.599. The highest BCUT2D eigenvalue weighted by atomic mass is 16.7. The van der Waals surface area contributed by atoms with Gasteiger partial charge in [-0.1, -0.05) is 0 Å². The van der Waals surface area contributed by atoms with Crippen molar-refractivity contribution in [1.29, 1.82) is 0 Å². The van der Waals surface area contributed by atoms with E-state index in [9.17, 15) is 9.59 Å². The smallest absolute Gasteiger partial charge is 0.324 e. The summed E-state index contributed by atoms with van der Waals surface area (Å²) in [6, 6.07) is -0.955. The number of carbonyl (C=O) groups excluding carboxylic acids is 1. The monoisotopic (exact) mass is 177 g/mol. The van der Waals surface area contributed by atoms with Gasteiger partial charge in [-0.25, -0.2) is 5.43 Å². The number of hydrogen-bond acceptors (Lipinski definition) is 6. The normalized spacial score (nSPS) is 12.2. The molecule has 0 bridgehead atoms. The molecule has 0 aliphatic rings. The van der Waals surface area contributed by atoms with Crippen molar-refractivity contribution in [2.24, 2.45) is 11.7 Å². The van der Waals surface area contributed by atoms with Crippen LogP contribution in [0.2, 0.25) is 0 Å². The van der Waals surface area contributed by atoms with Gasteiger partial charge in [0, 0.05) is 6.42 Å². The quantitative estimate of drug-likeness (QED) is 0.285. The molecule has 0 aromatic rings. The lowest BCUT2D eigenvalue weighted by molar-refractivity contribution is -0.145. The van der Waals surface area contributed by atoms with Gasteiger partial charge in [0.25, 0.3) is 0 Å². The second-order valence-electron chi connectivity index (χ2n) is 2.09. The van der Waals surface area contributed by atoms with E-state index in [1.807, 2.05) is 5.43 Å². The van der Waals surface area contributed by atoms with E-state index in [2.05, 4.69) is 10.7 Å². The van der Waals surface area contributed by atoms with Crippen molar-refractivity contribution in [3.63, 3.8) is 0 Å². The first-order valence-electron chi connectivity index (χ1n) is 3.20. The Kier molecular flexibility index (Phi) is 4.93. The maximum absolute atomic E-state index is 10.4. The first kappa shape index (κ1) is 10.8. The van der Waals surface area contributed by atoms with E-state index in [0.29, 0.717) is 0 Å². The van der Waals surface area contributed by atoms with Gasteiger partial charge in [0.15, 0.2) is 0 Å². The third-order valence-corrected chi connectivity index (χ3v) is 1.27. The zero-order valence-corrected chi connectivity index (χ0v) is 6.32. The largest absolute Gasteiger partial charge is 0.480 e. The van der Waals surface area contributed by atoms with Crippen LogP contribution in [0.4, 0.5) is 0 Å². The first-order chi connectivity index (χ1) is 5.61. The van der Waals surface area contributed by atoms with Gasteiger partial charge >= 0.3 is 11.9 Å². The van der Waals surface area contributed by atoms with E-state index < -0.39 is 18.0 Å². The summed E-state index contributed by atoms with van der Waals surface area (Å²) >= 11 is 0. The molecule has 12 heavy (non-hydrogen) atoms. The number of aliphatic carboxylic acids is 1. The topological polar surface area (TPSA) is 128 Å². The second kappa shape index (κ2) is 5.47. The molecule has 6 N–H and O–H groups in total. The van der Waals surface area contributed by atoms with Crippen molar-refractivity contribution in [2.75, 3.05) is 0 Å². The highest BCUT2D eigenvalue weighted by molar-refractivity contribution is 5.75. The molecule has 1 atom stereocenters. The first-order valence-corrected chi connectivity index (χ1v) is 3.20. The molecule has 0 amide bonds. The average Bonchev–Trinajstić information content (AvgIpc) is 2.04. The Morgan fingerprint density at radius 1 is 1.58 bits per heavy atom. The van der Waals surface area contributed by atoms with Crippen molar-refractivity contribution >= 4 is 11.9 Å². The molecule has 0 aliphatic heterocycles. The van der Waals surface area contributed by atoms with E-state index in [-0.39, 0.29) is 12.8 Å². The predicted octanol–water partition coefficient (Wildman–Crippen LogP) is -1.90. The van der Waals surface area contributed by atoms with Gasteiger partial charge in [-0.3, -0.25) is 15.4 Å². The Balaban J connectivity index is 3.73. The van der Waals surface area contributed by atoms with Crippen molar-refractivity contribution in [3.8, 4) is 0 Å². The van der Waals surface area contributed by atoms with Crippen LogP contribution < -0.4 is 17.2 Å². The van der Waals surface area contributed by atoms with Crippen LogP contribution in [0.15, 0.2) is 0 Å². The molecular formula is C5H11N3O4. The SMILES string of the molecule is NN[C@@H](CCC(=O)ON)C(=O)O. The number of hydrogen-bond donors (Lipinski definition) is 4. The van der Waals surface area contributed by atoms with Crippen LogP contribution in [0.3, 0.4) is 0 Å². The van der Waals surface area contributed by atoms with Gasteiger partial charge in [0.1, 0.15) is 6.04 Å². The minimum atomic E-state index is -1.12. The van der Waals surface area contributed by atoms with Crippen molar-refractivity contribution < 1.29 is 19.5 Å². The lowest BCUT2D eigenvalue weighted by atomic mass is 10.2. The number of nitrogens with two attached hydrogens (primary N) is 2. The summed E-state index contributed by atoms with van der Waals surface area (Å²) in [5, 5.41) is 8.43. The van der Waals surface area contributed by atoms with Gasteiger partial charge in [-0.05, 0) is 6.42 Å². The maximum atomic E-state index is 10.4. The van der Waals surface area contributed by atoms with Crippen molar-refractivity contribution in [1.82, 2.24) is 5.43 Å². The molecule has 0 aromatic heterocycles. The van der Waals surface area contributed by atoms with Gasteiger partial charge in [0.05, 0.1) is 0 Å². The van der Waals surface area contributed by atoms with Crippen molar-refractivity contribution in [3.05, 3.63) is 0 Å². The summed E-state index contributed by atoms with van der Waals surface area (Å²) in [5.41, 5.74) is 2.03. The lowest BCUT2D eigenvalue weighted by Crippen LogP contribution is -2.41. The number of nitrogens with one attached hydrogen (secondary N) is 1. The molecule has 7 nitrogen and oxygen atoms in total. The number of hydrazine groups is 1. The summed E-state index contributed by atoms with van der Waals surface area (Å²) in [6.07, 6.45) is -0.0421. The fourth-order valence-electron chi connectivity index (χ4n) is 0.599. The van der Waals surface area contributed by atoms with Crippen LogP contribution in [0.5, 0.6) is 0 Å². The molecule has 70 valence electrons. The summed E-state index contributed by atoms with van der Waals surface area (Å²) in [6.45, 7) is 0. The molecule has 0 fully saturated rings. The molecule has 0 saturated carbocycles.